The summed E-state index contributed by atoms with van der Waals surface area (Å²) in [7, 11) is -0.582. The van der Waals surface area contributed by atoms with Crippen molar-refractivity contribution in [1.29, 1.82) is 0 Å². The van der Waals surface area contributed by atoms with Crippen LogP contribution in [0.1, 0.15) is 43.6 Å². The molecule has 1 aromatic carbocycles. The van der Waals surface area contributed by atoms with Crippen LogP contribution < -0.4 is 0 Å². The fourth-order valence-electron chi connectivity index (χ4n) is 2.15. The molecule has 118 valence electrons. The quantitative estimate of drug-likeness (QED) is 0.523. The van der Waals surface area contributed by atoms with E-state index in [0.717, 1.165) is 0 Å². The van der Waals surface area contributed by atoms with Crippen LogP contribution >= 0.6 is 12.6 Å². The molecule has 1 saturated heterocycles. The molecule has 0 N–H and O–H groups in total. The van der Waals surface area contributed by atoms with Gasteiger partial charge in [-0.25, -0.2) is 4.39 Å². The minimum absolute atomic E-state index is 0.0289. The number of thiol groups is 1. The van der Waals surface area contributed by atoms with Crippen molar-refractivity contribution in [2.45, 2.75) is 38.9 Å². The van der Waals surface area contributed by atoms with E-state index in [-0.39, 0.29) is 5.56 Å². The smallest absolute Gasteiger partial charge is 0.400 e. The Bertz CT molecular complexity index is 597. The average Bonchev–Trinajstić information content (AvgIpc) is 2.66. The molecular weight excluding hydrogens is 302 g/mol. The Balaban J connectivity index is 2.36. The van der Waals surface area contributed by atoms with Gasteiger partial charge < -0.3 is 9.31 Å². The van der Waals surface area contributed by atoms with Gasteiger partial charge >= 0.3 is 7.12 Å². The van der Waals surface area contributed by atoms with Gasteiger partial charge in [-0.05, 0) is 39.2 Å². The summed E-state index contributed by atoms with van der Waals surface area (Å²) in [6.45, 7) is 7.82. The number of benzene rings is 1. The molecule has 0 amide bonds. The number of carbonyl (C=O) groups excluding carboxylic acids is 1. The van der Waals surface area contributed by atoms with Crippen molar-refractivity contribution in [2.75, 3.05) is 5.75 Å². The highest BCUT2D eigenvalue weighted by molar-refractivity contribution is 7.80. The van der Waals surface area contributed by atoms with Crippen LogP contribution in [0.5, 0.6) is 0 Å². The van der Waals surface area contributed by atoms with Crippen LogP contribution in [0.25, 0.3) is 6.08 Å². The lowest BCUT2D eigenvalue weighted by Crippen LogP contribution is -2.41. The van der Waals surface area contributed by atoms with Crippen LogP contribution in [0.15, 0.2) is 23.7 Å². The minimum Gasteiger partial charge on any atom is -0.400 e. The molecule has 0 radical (unpaired) electrons. The maximum Gasteiger partial charge on any atom is 0.491 e. The minimum atomic E-state index is -0.582. The zero-order chi connectivity index (χ0) is 16.5. The van der Waals surface area contributed by atoms with E-state index in [4.69, 9.17) is 9.31 Å². The zero-order valence-corrected chi connectivity index (χ0v) is 14.1. The van der Waals surface area contributed by atoms with Crippen LogP contribution in [0.3, 0.4) is 0 Å². The second kappa shape index (κ2) is 6.18. The van der Waals surface area contributed by atoms with E-state index in [1.807, 2.05) is 27.7 Å². The third kappa shape index (κ3) is 3.14. The second-order valence-electron chi connectivity index (χ2n) is 6.33. The fraction of sp³-hybridized carbons (Fsp3) is 0.438. The summed E-state index contributed by atoms with van der Waals surface area (Å²) in [6, 6.07) is 4.69. The van der Waals surface area contributed by atoms with Gasteiger partial charge in [-0.3, -0.25) is 4.79 Å². The predicted octanol–water partition coefficient (Wildman–Crippen LogP) is 3.58. The largest absolute Gasteiger partial charge is 0.491 e. The summed E-state index contributed by atoms with van der Waals surface area (Å²) in [5.74, 6) is -0.185. The first-order valence-corrected chi connectivity index (χ1v) is 7.76. The predicted molar refractivity (Wildman–Crippen MR) is 89.7 cm³/mol. The normalized spacial score (nSPS) is 20.3. The molecule has 0 unspecified atom stereocenters. The van der Waals surface area contributed by atoms with Crippen LogP contribution in [0, 0.1) is 5.82 Å². The number of hydrogen-bond acceptors (Lipinski definition) is 4. The molecule has 22 heavy (non-hydrogen) atoms. The van der Waals surface area contributed by atoms with Crippen LogP contribution in [0.2, 0.25) is 0 Å². The molecule has 1 aliphatic rings. The highest BCUT2D eigenvalue weighted by atomic mass is 32.1. The standard InChI is InChI=1S/C16H20BFO3S/c1-15(2)16(3,4)21-17(20-15)13(10-22)8-11-6-5-7-12(9-19)14(11)18/h5-9,22H,10H2,1-4H3. The Kier molecular flexibility index (Phi) is 4.85. The lowest BCUT2D eigenvalue weighted by Gasteiger charge is -2.32. The summed E-state index contributed by atoms with van der Waals surface area (Å²) < 4.78 is 26.1. The Hall–Kier alpha value is -1.11. The first kappa shape index (κ1) is 17.3. The number of rotatable bonds is 4. The SMILES string of the molecule is CC1(C)OB(C(=Cc2cccc(C=O)c2F)CS)OC1(C)C. The number of carbonyl (C=O) groups is 1. The molecule has 3 nitrogen and oxygen atoms in total. The van der Waals surface area contributed by atoms with E-state index in [1.54, 1.807) is 18.2 Å². The van der Waals surface area contributed by atoms with Crippen molar-refractivity contribution in [2.24, 2.45) is 0 Å². The number of halogens is 1. The van der Waals surface area contributed by atoms with Crippen molar-refractivity contribution < 1.29 is 18.5 Å². The van der Waals surface area contributed by atoms with Gasteiger partial charge in [-0.2, -0.15) is 12.6 Å². The highest BCUT2D eigenvalue weighted by Gasteiger charge is 2.52. The molecular formula is C16H20BFO3S. The fourth-order valence-corrected chi connectivity index (χ4v) is 2.39. The van der Waals surface area contributed by atoms with Gasteiger partial charge in [-0.15, -0.1) is 0 Å². The maximum absolute atomic E-state index is 14.2. The molecule has 1 fully saturated rings. The van der Waals surface area contributed by atoms with Gasteiger partial charge in [0.15, 0.2) is 6.29 Å². The maximum atomic E-state index is 14.2. The topological polar surface area (TPSA) is 35.5 Å². The van der Waals surface area contributed by atoms with Crippen molar-refractivity contribution in [1.82, 2.24) is 0 Å². The second-order valence-corrected chi connectivity index (χ2v) is 6.65. The first-order chi connectivity index (χ1) is 10.2. The molecule has 0 aliphatic carbocycles. The number of aldehydes is 1. The van der Waals surface area contributed by atoms with Gasteiger partial charge in [-0.1, -0.05) is 18.2 Å². The number of hydrogen-bond donors (Lipinski definition) is 1. The summed E-state index contributed by atoms with van der Waals surface area (Å²) in [6.07, 6.45) is 2.14. The van der Waals surface area contributed by atoms with Gasteiger partial charge in [0.1, 0.15) is 5.82 Å². The summed E-state index contributed by atoms with van der Waals surface area (Å²) >= 11 is 4.30. The van der Waals surface area contributed by atoms with Crippen molar-refractivity contribution in [3.8, 4) is 0 Å². The molecule has 0 spiro atoms. The van der Waals surface area contributed by atoms with Crippen LogP contribution in [-0.2, 0) is 9.31 Å². The average molecular weight is 322 g/mol. The lowest BCUT2D eigenvalue weighted by molar-refractivity contribution is 0.00578. The lowest BCUT2D eigenvalue weighted by atomic mass is 9.78. The Morgan fingerprint density at radius 1 is 1.23 bits per heavy atom. The van der Waals surface area contributed by atoms with E-state index in [0.29, 0.717) is 23.1 Å². The molecule has 0 atom stereocenters. The molecule has 1 aliphatic heterocycles. The van der Waals surface area contributed by atoms with Crippen molar-refractivity contribution in [3.63, 3.8) is 0 Å². The summed E-state index contributed by atoms with van der Waals surface area (Å²) in [4.78, 5) is 10.8. The van der Waals surface area contributed by atoms with Gasteiger partial charge in [0, 0.05) is 11.3 Å². The summed E-state index contributed by atoms with van der Waals surface area (Å²) in [5.41, 5.74) is 0.125. The molecule has 1 aromatic rings. The van der Waals surface area contributed by atoms with Gasteiger partial charge in [0.2, 0.25) is 0 Å². The molecule has 0 bridgehead atoms. The van der Waals surface area contributed by atoms with E-state index < -0.39 is 24.1 Å². The highest BCUT2D eigenvalue weighted by Crippen LogP contribution is 2.39. The van der Waals surface area contributed by atoms with E-state index in [2.05, 4.69) is 12.6 Å². The third-order valence-electron chi connectivity index (χ3n) is 4.26. The molecule has 6 heteroatoms. The Labute approximate surface area is 136 Å². The molecule has 0 saturated carbocycles. The molecule has 1 heterocycles. The van der Waals surface area contributed by atoms with E-state index >= 15 is 0 Å². The monoisotopic (exact) mass is 322 g/mol. The molecule has 0 aromatic heterocycles. The first-order valence-electron chi connectivity index (χ1n) is 7.12. The van der Waals surface area contributed by atoms with E-state index in [9.17, 15) is 9.18 Å². The summed E-state index contributed by atoms with van der Waals surface area (Å²) in [5, 5.41) is 0. The Morgan fingerprint density at radius 2 is 1.77 bits per heavy atom. The Morgan fingerprint density at radius 3 is 2.27 bits per heavy atom. The third-order valence-corrected chi connectivity index (χ3v) is 4.63. The van der Waals surface area contributed by atoms with Crippen molar-refractivity contribution in [3.05, 3.63) is 40.6 Å². The van der Waals surface area contributed by atoms with Gasteiger partial charge in [0.25, 0.3) is 0 Å². The molecule has 2 rings (SSSR count). The van der Waals surface area contributed by atoms with Gasteiger partial charge in [0.05, 0.1) is 16.8 Å². The van der Waals surface area contributed by atoms with Crippen LogP contribution in [-0.4, -0.2) is 30.4 Å². The van der Waals surface area contributed by atoms with E-state index in [1.165, 1.54) is 6.07 Å². The zero-order valence-electron chi connectivity index (χ0n) is 13.2. The van der Waals surface area contributed by atoms with Crippen molar-refractivity contribution >= 4 is 32.1 Å². The van der Waals surface area contributed by atoms with Crippen LogP contribution in [0.4, 0.5) is 4.39 Å².